The van der Waals surface area contributed by atoms with Gasteiger partial charge in [-0.25, -0.2) is 0 Å². The van der Waals surface area contributed by atoms with E-state index in [1.54, 1.807) is 0 Å². The van der Waals surface area contributed by atoms with Crippen LogP contribution in [0, 0.1) is 23.2 Å². The van der Waals surface area contributed by atoms with Crippen LogP contribution in [-0.4, -0.2) is 0 Å². The van der Waals surface area contributed by atoms with Gasteiger partial charge in [0.2, 0.25) is 0 Å². The van der Waals surface area contributed by atoms with Gasteiger partial charge in [0, 0.05) is 0 Å². The van der Waals surface area contributed by atoms with E-state index < -0.39 is 0 Å². The minimum atomic E-state index is 0.763. The summed E-state index contributed by atoms with van der Waals surface area (Å²) >= 11 is 0. The number of rotatable bonds is 0. The molecular weight excluding hydrogens is 120 g/mol. The molecule has 0 aromatic heterocycles. The van der Waals surface area contributed by atoms with Gasteiger partial charge in [-0.3, -0.25) is 0 Å². The van der Waals surface area contributed by atoms with E-state index in [9.17, 15) is 0 Å². The van der Waals surface area contributed by atoms with Gasteiger partial charge in [-0.1, -0.05) is 19.1 Å². The van der Waals surface area contributed by atoms with Gasteiger partial charge in [0.25, 0.3) is 0 Å². The summed E-state index contributed by atoms with van der Waals surface area (Å²) in [5.74, 6) is 3.13. The molecule has 0 aromatic carbocycles. The lowest BCUT2D eigenvalue weighted by Crippen LogP contribution is -2.48. The maximum Gasteiger partial charge on any atom is -0.00220 e. The van der Waals surface area contributed by atoms with Crippen LogP contribution in [0.25, 0.3) is 0 Å². The van der Waals surface area contributed by atoms with Gasteiger partial charge in [-0.15, -0.1) is 0 Å². The van der Waals surface area contributed by atoms with Crippen molar-refractivity contribution in [1.82, 2.24) is 0 Å². The molecule has 0 aliphatic heterocycles. The third-order valence-corrected chi connectivity index (χ3v) is 4.17. The van der Waals surface area contributed by atoms with Crippen LogP contribution in [0.1, 0.15) is 26.2 Å². The molecule has 0 radical (unpaired) electrons. The molecule has 10 heavy (non-hydrogen) atoms. The SMILES string of the molecule is CC1CC23C=CC2CCC13. The molecule has 0 N–H and O–H groups in total. The zero-order valence-corrected chi connectivity index (χ0v) is 6.51. The molecule has 54 valence electrons. The molecule has 0 amide bonds. The predicted octanol–water partition coefficient (Wildman–Crippen LogP) is 2.61. The van der Waals surface area contributed by atoms with Gasteiger partial charge in [-0.2, -0.15) is 0 Å². The molecule has 1 spiro atoms. The van der Waals surface area contributed by atoms with Crippen molar-refractivity contribution < 1.29 is 0 Å². The second kappa shape index (κ2) is 1.34. The maximum atomic E-state index is 2.50. The fourth-order valence-electron chi connectivity index (χ4n) is 3.60. The molecule has 3 aliphatic rings. The Kier molecular flexibility index (Phi) is 0.725. The summed E-state index contributed by atoms with van der Waals surface area (Å²) in [7, 11) is 0. The molecule has 2 fully saturated rings. The zero-order valence-electron chi connectivity index (χ0n) is 6.51. The van der Waals surface area contributed by atoms with E-state index in [0.29, 0.717) is 0 Å². The summed E-state index contributed by atoms with van der Waals surface area (Å²) in [5, 5.41) is 0. The lowest BCUT2D eigenvalue weighted by molar-refractivity contribution is 0.00439. The van der Waals surface area contributed by atoms with Crippen molar-refractivity contribution in [3.05, 3.63) is 12.2 Å². The molecule has 3 rings (SSSR count). The Labute approximate surface area is 62.3 Å². The molecule has 0 saturated heterocycles. The first-order valence-electron chi connectivity index (χ1n) is 4.52. The first-order valence-corrected chi connectivity index (χ1v) is 4.52. The third kappa shape index (κ3) is 0.349. The monoisotopic (exact) mass is 134 g/mol. The minimum Gasteiger partial charge on any atom is -0.0840 e. The van der Waals surface area contributed by atoms with E-state index in [1.165, 1.54) is 19.3 Å². The summed E-state index contributed by atoms with van der Waals surface area (Å²) in [5.41, 5.74) is 0.763. The number of hydrogen-bond donors (Lipinski definition) is 0. The van der Waals surface area contributed by atoms with Gasteiger partial charge >= 0.3 is 0 Å². The van der Waals surface area contributed by atoms with Gasteiger partial charge in [0.05, 0.1) is 0 Å². The van der Waals surface area contributed by atoms with Crippen LogP contribution in [0.3, 0.4) is 0 Å². The fourth-order valence-corrected chi connectivity index (χ4v) is 3.60. The highest BCUT2D eigenvalue weighted by Gasteiger charge is 2.60. The van der Waals surface area contributed by atoms with Crippen LogP contribution in [0.15, 0.2) is 12.2 Å². The Morgan fingerprint density at radius 2 is 2.30 bits per heavy atom. The van der Waals surface area contributed by atoms with E-state index in [0.717, 1.165) is 23.2 Å². The highest BCUT2D eigenvalue weighted by Crippen LogP contribution is 2.68. The maximum absolute atomic E-state index is 2.50. The molecule has 0 heterocycles. The molecule has 0 heteroatoms. The zero-order chi connectivity index (χ0) is 6.77. The molecule has 0 aromatic rings. The third-order valence-electron chi connectivity index (χ3n) is 4.17. The Balaban J connectivity index is 1.99. The smallest absolute Gasteiger partial charge is 0.00220 e. The molecule has 0 nitrogen and oxygen atoms in total. The van der Waals surface area contributed by atoms with Crippen LogP contribution in [0.4, 0.5) is 0 Å². The molecular formula is C10H14. The van der Waals surface area contributed by atoms with Crippen LogP contribution in [0.5, 0.6) is 0 Å². The lowest BCUT2D eigenvalue weighted by Gasteiger charge is -2.55. The van der Waals surface area contributed by atoms with Crippen molar-refractivity contribution in [1.29, 1.82) is 0 Å². The van der Waals surface area contributed by atoms with Crippen molar-refractivity contribution in [2.45, 2.75) is 26.2 Å². The standard InChI is InChI=1S/C10H14/c1-7-6-10-5-4-8(10)2-3-9(7)10/h4-5,7-9H,2-3,6H2,1H3. The van der Waals surface area contributed by atoms with Crippen LogP contribution in [0.2, 0.25) is 0 Å². The Bertz CT molecular complexity index is 204. The molecule has 0 bridgehead atoms. The average molecular weight is 134 g/mol. The summed E-state index contributed by atoms with van der Waals surface area (Å²) in [6.07, 6.45) is 9.43. The Morgan fingerprint density at radius 1 is 1.40 bits per heavy atom. The summed E-state index contributed by atoms with van der Waals surface area (Å²) in [4.78, 5) is 0. The molecule has 4 unspecified atom stereocenters. The molecule has 3 aliphatic carbocycles. The van der Waals surface area contributed by atoms with Crippen LogP contribution < -0.4 is 0 Å². The first kappa shape index (κ1) is 5.40. The van der Waals surface area contributed by atoms with Crippen LogP contribution >= 0.6 is 0 Å². The van der Waals surface area contributed by atoms with Crippen LogP contribution in [-0.2, 0) is 0 Å². The van der Waals surface area contributed by atoms with E-state index in [-0.39, 0.29) is 0 Å². The Hall–Kier alpha value is -0.260. The topological polar surface area (TPSA) is 0 Å². The number of allylic oxidation sites excluding steroid dienone is 2. The summed E-state index contributed by atoms with van der Waals surface area (Å²) < 4.78 is 0. The van der Waals surface area contributed by atoms with Gasteiger partial charge < -0.3 is 0 Å². The normalized spacial score (nSPS) is 62.3. The van der Waals surface area contributed by atoms with Gasteiger partial charge in [0.15, 0.2) is 0 Å². The predicted molar refractivity (Wildman–Crippen MR) is 41.6 cm³/mol. The van der Waals surface area contributed by atoms with Crippen molar-refractivity contribution in [2.24, 2.45) is 23.2 Å². The van der Waals surface area contributed by atoms with E-state index >= 15 is 0 Å². The Morgan fingerprint density at radius 3 is 2.80 bits per heavy atom. The first-order chi connectivity index (χ1) is 4.83. The summed E-state index contributed by atoms with van der Waals surface area (Å²) in [6.45, 7) is 2.42. The summed E-state index contributed by atoms with van der Waals surface area (Å²) in [6, 6.07) is 0. The lowest BCUT2D eigenvalue weighted by atomic mass is 9.49. The van der Waals surface area contributed by atoms with Gasteiger partial charge in [-0.05, 0) is 42.4 Å². The van der Waals surface area contributed by atoms with E-state index in [1.807, 2.05) is 0 Å². The average Bonchev–Trinajstić information content (AvgIpc) is 2.05. The quantitative estimate of drug-likeness (QED) is 0.447. The van der Waals surface area contributed by atoms with Crippen molar-refractivity contribution in [2.75, 3.05) is 0 Å². The highest BCUT2D eigenvalue weighted by atomic mass is 14.6. The van der Waals surface area contributed by atoms with Crippen molar-refractivity contribution in [3.63, 3.8) is 0 Å². The molecule has 4 atom stereocenters. The highest BCUT2D eigenvalue weighted by molar-refractivity contribution is 5.29. The second-order valence-corrected chi connectivity index (χ2v) is 4.44. The second-order valence-electron chi connectivity index (χ2n) is 4.44. The van der Waals surface area contributed by atoms with E-state index in [2.05, 4.69) is 19.1 Å². The van der Waals surface area contributed by atoms with Gasteiger partial charge in [0.1, 0.15) is 0 Å². The van der Waals surface area contributed by atoms with E-state index in [4.69, 9.17) is 0 Å². The van der Waals surface area contributed by atoms with Crippen molar-refractivity contribution in [3.8, 4) is 0 Å². The largest absolute Gasteiger partial charge is 0.0840 e. The number of hydrogen-bond acceptors (Lipinski definition) is 0. The van der Waals surface area contributed by atoms with Crippen molar-refractivity contribution >= 4 is 0 Å². The fraction of sp³-hybridized carbons (Fsp3) is 0.800. The molecule has 2 saturated carbocycles. The minimum absolute atomic E-state index is 0.763.